The fourth-order valence-electron chi connectivity index (χ4n) is 2.28. The van der Waals surface area contributed by atoms with Crippen LogP contribution in [0.4, 0.5) is 4.79 Å². The Morgan fingerprint density at radius 2 is 2.24 bits per heavy atom. The number of ether oxygens (including phenoxy) is 2. The number of likely N-dealkylation sites (tertiary alicyclic amines) is 1. The summed E-state index contributed by atoms with van der Waals surface area (Å²) in [6, 6.07) is 5.50. The van der Waals surface area contributed by atoms with Crippen molar-refractivity contribution in [1.29, 1.82) is 0 Å². The highest BCUT2D eigenvalue weighted by atomic mass is 16.5. The number of nitrogens with zero attached hydrogens (tertiary/aromatic N) is 3. The molecule has 1 aliphatic heterocycles. The third-order valence-corrected chi connectivity index (χ3v) is 3.49. The lowest BCUT2D eigenvalue weighted by molar-refractivity contribution is 0.0579. The van der Waals surface area contributed by atoms with Crippen LogP contribution in [-0.4, -0.2) is 52.9 Å². The maximum atomic E-state index is 10.7. The average molecular weight is 289 g/mol. The molecule has 1 N–H and O–H groups in total. The molecule has 0 saturated carbocycles. The van der Waals surface area contributed by atoms with Gasteiger partial charge < -0.3 is 19.5 Å². The number of aromatic nitrogens is 2. The SMILES string of the molecule is COc1ccc2ncnc(OCC3CN(C(=O)O)C3)c2c1. The van der Waals surface area contributed by atoms with Gasteiger partial charge in [-0.15, -0.1) is 0 Å². The molecule has 7 heteroatoms. The number of methoxy groups -OCH3 is 1. The molecule has 1 aromatic carbocycles. The van der Waals surface area contributed by atoms with Crippen molar-refractivity contribution in [2.24, 2.45) is 5.92 Å². The van der Waals surface area contributed by atoms with Crippen molar-refractivity contribution in [3.8, 4) is 11.6 Å². The molecule has 2 heterocycles. The molecule has 0 atom stereocenters. The van der Waals surface area contributed by atoms with Crippen LogP contribution in [0.5, 0.6) is 11.6 Å². The molecule has 0 radical (unpaired) electrons. The van der Waals surface area contributed by atoms with Gasteiger partial charge in [-0.2, -0.15) is 0 Å². The average Bonchev–Trinajstić information content (AvgIpc) is 2.44. The zero-order chi connectivity index (χ0) is 14.8. The van der Waals surface area contributed by atoms with Gasteiger partial charge in [-0.3, -0.25) is 0 Å². The smallest absolute Gasteiger partial charge is 0.407 e. The van der Waals surface area contributed by atoms with Crippen LogP contribution in [0.3, 0.4) is 0 Å². The van der Waals surface area contributed by atoms with E-state index < -0.39 is 6.09 Å². The molecule has 2 aromatic rings. The highest BCUT2D eigenvalue weighted by molar-refractivity contribution is 5.84. The van der Waals surface area contributed by atoms with E-state index in [0.717, 1.165) is 10.9 Å². The van der Waals surface area contributed by atoms with Crippen LogP contribution < -0.4 is 9.47 Å². The molecule has 0 unspecified atom stereocenters. The van der Waals surface area contributed by atoms with E-state index in [0.29, 0.717) is 31.3 Å². The molecule has 110 valence electrons. The molecule has 0 aliphatic carbocycles. The first kappa shape index (κ1) is 13.4. The number of carbonyl (C=O) groups is 1. The zero-order valence-electron chi connectivity index (χ0n) is 11.5. The van der Waals surface area contributed by atoms with Crippen LogP contribution in [0, 0.1) is 5.92 Å². The van der Waals surface area contributed by atoms with E-state index in [2.05, 4.69) is 9.97 Å². The first-order valence-electron chi connectivity index (χ1n) is 6.57. The van der Waals surface area contributed by atoms with E-state index in [9.17, 15) is 4.79 Å². The first-order valence-corrected chi connectivity index (χ1v) is 6.57. The van der Waals surface area contributed by atoms with Gasteiger partial charge in [0.25, 0.3) is 0 Å². The Morgan fingerprint density at radius 1 is 1.43 bits per heavy atom. The summed E-state index contributed by atoms with van der Waals surface area (Å²) in [5.41, 5.74) is 0.779. The van der Waals surface area contributed by atoms with Crippen molar-refractivity contribution in [2.45, 2.75) is 0 Å². The highest BCUT2D eigenvalue weighted by Gasteiger charge is 2.31. The largest absolute Gasteiger partial charge is 0.497 e. The van der Waals surface area contributed by atoms with Gasteiger partial charge in [0.05, 0.1) is 24.6 Å². The fourth-order valence-corrected chi connectivity index (χ4v) is 2.28. The normalized spacial score (nSPS) is 14.8. The molecule has 3 rings (SSSR count). The number of fused-ring (bicyclic) bond motifs is 1. The van der Waals surface area contributed by atoms with Crippen LogP contribution >= 0.6 is 0 Å². The summed E-state index contributed by atoms with van der Waals surface area (Å²) < 4.78 is 10.9. The summed E-state index contributed by atoms with van der Waals surface area (Å²) in [5, 5.41) is 9.57. The maximum Gasteiger partial charge on any atom is 0.407 e. The van der Waals surface area contributed by atoms with Crippen molar-refractivity contribution in [3.05, 3.63) is 24.5 Å². The van der Waals surface area contributed by atoms with Gasteiger partial charge in [0.15, 0.2) is 0 Å². The maximum absolute atomic E-state index is 10.7. The van der Waals surface area contributed by atoms with Crippen LogP contribution in [-0.2, 0) is 0 Å². The molecule has 0 spiro atoms. The second-order valence-electron chi connectivity index (χ2n) is 4.93. The van der Waals surface area contributed by atoms with Gasteiger partial charge >= 0.3 is 6.09 Å². The van der Waals surface area contributed by atoms with E-state index in [1.807, 2.05) is 18.2 Å². The first-order chi connectivity index (χ1) is 10.2. The summed E-state index contributed by atoms with van der Waals surface area (Å²) in [5.74, 6) is 1.41. The summed E-state index contributed by atoms with van der Waals surface area (Å²) in [6.07, 6.45) is 0.567. The van der Waals surface area contributed by atoms with Crippen molar-refractivity contribution in [3.63, 3.8) is 0 Å². The Bertz CT molecular complexity index is 670. The van der Waals surface area contributed by atoms with Gasteiger partial charge in [-0.1, -0.05) is 0 Å². The van der Waals surface area contributed by atoms with E-state index >= 15 is 0 Å². The summed E-state index contributed by atoms with van der Waals surface area (Å²) in [7, 11) is 1.60. The number of benzene rings is 1. The number of carboxylic acid groups (broad SMARTS) is 1. The van der Waals surface area contributed by atoms with Crippen molar-refractivity contribution in [2.75, 3.05) is 26.8 Å². The van der Waals surface area contributed by atoms with Crippen molar-refractivity contribution in [1.82, 2.24) is 14.9 Å². The van der Waals surface area contributed by atoms with E-state index in [-0.39, 0.29) is 5.92 Å². The predicted molar refractivity (Wildman–Crippen MR) is 74.7 cm³/mol. The molecule has 1 fully saturated rings. The van der Waals surface area contributed by atoms with Gasteiger partial charge in [0.2, 0.25) is 5.88 Å². The third-order valence-electron chi connectivity index (χ3n) is 3.49. The van der Waals surface area contributed by atoms with Crippen LogP contribution in [0.1, 0.15) is 0 Å². The van der Waals surface area contributed by atoms with Crippen molar-refractivity contribution < 1.29 is 19.4 Å². The third kappa shape index (κ3) is 2.67. The molecule has 0 bridgehead atoms. The molecule has 1 saturated heterocycles. The van der Waals surface area contributed by atoms with Gasteiger partial charge in [-0.25, -0.2) is 14.8 Å². The van der Waals surface area contributed by atoms with Gasteiger partial charge in [0.1, 0.15) is 12.1 Å². The quantitative estimate of drug-likeness (QED) is 0.920. The summed E-state index contributed by atoms with van der Waals surface area (Å²) >= 11 is 0. The van der Waals surface area contributed by atoms with Crippen LogP contribution in [0.25, 0.3) is 10.9 Å². The predicted octanol–water partition coefficient (Wildman–Crippen LogP) is 1.63. The minimum atomic E-state index is -0.886. The summed E-state index contributed by atoms with van der Waals surface area (Å²) in [6.45, 7) is 1.44. The summed E-state index contributed by atoms with van der Waals surface area (Å²) in [4.78, 5) is 20.4. The molecule has 21 heavy (non-hydrogen) atoms. The monoisotopic (exact) mass is 289 g/mol. The number of hydrogen-bond donors (Lipinski definition) is 1. The van der Waals surface area contributed by atoms with Gasteiger partial charge in [-0.05, 0) is 18.2 Å². The number of amides is 1. The lowest BCUT2D eigenvalue weighted by Gasteiger charge is -2.36. The molecular weight excluding hydrogens is 274 g/mol. The van der Waals surface area contributed by atoms with Gasteiger partial charge in [0, 0.05) is 19.0 Å². The minimum Gasteiger partial charge on any atom is -0.497 e. The Hall–Kier alpha value is -2.57. The van der Waals surface area contributed by atoms with E-state index in [1.165, 1.54) is 11.2 Å². The highest BCUT2D eigenvalue weighted by Crippen LogP contribution is 2.26. The molecule has 7 nitrogen and oxygen atoms in total. The lowest BCUT2D eigenvalue weighted by atomic mass is 10.0. The standard InChI is InChI=1S/C14H15N3O4/c1-20-10-2-3-12-11(4-10)13(16-8-15-12)21-7-9-5-17(6-9)14(18)19/h2-4,8-9H,5-7H2,1H3,(H,18,19). The Kier molecular flexibility index (Phi) is 3.47. The molecule has 1 aromatic heterocycles. The lowest BCUT2D eigenvalue weighted by Crippen LogP contribution is -2.51. The number of rotatable bonds is 4. The molecular formula is C14H15N3O4. The topological polar surface area (TPSA) is 84.8 Å². The Balaban J connectivity index is 1.71. The zero-order valence-corrected chi connectivity index (χ0v) is 11.5. The second kappa shape index (κ2) is 5.43. The minimum absolute atomic E-state index is 0.205. The van der Waals surface area contributed by atoms with Crippen LogP contribution in [0.15, 0.2) is 24.5 Å². The number of hydrogen-bond acceptors (Lipinski definition) is 5. The molecule has 1 aliphatic rings. The Labute approximate surface area is 121 Å². The second-order valence-corrected chi connectivity index (χ2v) is 4.93. The van der Waals surface area contributed by atoms with Crippen LogP contribution in [0.2, 0.25) is 0 Å². The van der Waals surface area contributed by atoms with E-state index in [4.69, 9.17) is 14.6 Å². The fraction of sp³-hybridized carbons (Fsp3) is 0.357. The Morgan fingerprint density at radius 3 is 2.95 bits per heavy atom. The van der Waals surface area contributed by atoms with Crippen molar-refractivity contribution >= 4 is 17.0 Å². The molecule has 1 amide bonds. The van der Waals surface area contributed by atoms with E-state index in [1.54, 1.807) is 7.11 Å².